The third-order valence-corrected chi connectivity index (χ3v) is 2.95. The minimum atomic E-state index is -0.536. The molecule has 0 aromatic rings. The van der Waals surface area contributed by atoms with Crippen molar-refractivity contribution in [1.29, 1.82) is 0 Å². The first kappa shape index (κ1) is 18.3. The van der Waals surface area contributed by atoms with Crippen LogP contribution in [0, 0.1) is 11.8 Å². The summed E-state index contributed by atoms with van der Waals surface area (Å²) in [4.78, 5) is 24.6. The van der Waals surface area contributed by atoms with Crippen LogP contribution in [-0.4, -0.2) is 55.0 Å². The highest BCUT2D eigenvalue weighted by molar-refractivity contribution is 5.88. The molecule has 1 heterocycles. The Bertz CT molecular complexity index is 436. The lowest BCUT2D eigenvalue weighted by Crippen LogP contribution is -2.43. The summed E-state index contributed by atoms with van der Waals surface area (Å²) >= 11 is 0. The van der Waals surface area contributed by atoms with Gasteiger partial charge in [-0.2, -0.15) is 0 Å². The fourth-order valence-corrected chi connectivity index (χ4v) is 1.97. The van der Waals surface area contributed by atoms with E-state index < -0.39 is 11.6 Å². The average molecular weight is 311 g/mol. The summed E-state index contributed by atoms with van der Waals surface area (Å²) in [6.45, 7) is 8.99. The summed E-state index contributed by atoms with van der Waals surface area (Å²) in [6, 6.07) is 0. The van der Waals surface area contributed by atoms with Crippen LogP contribution in [0.3, 0.4) is 0 Å². The van der Waals surface area contributed by atoms with E-state index in [2.05, 4.69) is 16.6 Å². The lowest BCUT2D eigenvalue weighted by Gasteiger charge is -2.33. The van der Waals surface area contributed by atoms with E-state index >= 15 is 0 Å². The molecular weight excluding hydrogens is 286 g/mol. The summed E-state index contributed by atoms with van der Waals surface area (Å²) in [6.07, 6.45) is 1.24. The molecule has 124 valence electrons. The molecule has 6 heteroatoms. The molecule has 22 heavy (non-hydrogen) atoms. The highest BCUT2D eigenvalue weighted by Crippen LogP contribution is 2.17. The second-order valence-electron chi connectivity index (χ2n) is 6.00. The third kappa shape index (κ3) is 7.32. The Balaban J connectivity index is 2.25. The molecule has 0 N–H and O–H groups in total. The van der Waals surface area contributed by atoms with E-state index in [0.717, 1.165) is 12.8 Å². The van der Waals surface area contributed by atoms with Crippen LogP contribution in [0.5, 0.6) is 0 Å². The van der Waals surface area contributed by atoms with Gasteiger partial charge in [-0.1, -0.05) is 5.92 Å². The van der Waals surface area contributed by atoms with Gasteiger partial charge in [-0.15, -0.1) is 0 Å². The normalized spacial score (nSPS) is 15.7. The Morgan fingerprint density at radius 3 is 2.41 bits per heavy atom. The van der Waals surface area contributed by atoms with Gasteiger partial charge >= 0.3 is 12.1 Å². The molecule has 1 saturated heterocycles. The molecule has 0 atom stereocenters. The molecule has 0 unspecified atom stereocenters. The van der Waals surface area contributed by atoms with E-state index in [-0.39, 0.29) is 18.8 Å². The summed E-state index contributed by atoms with van der Waals surface area (Å²) in [7, 11) is 0. The molecule has 6 nitrogen and oxygen atoms in total. The van der Waals surface area contributed by atoms with Crippen molar-refractivity contribution in [2.75, 3.05) is 26.3 Å². The van der Waals surface area contributed by atoms with E-state index in [1.807, 2.05) is 20.8 Å². The van der Waals surface area contributed by atoms with Crippen molar-refractivity contribution in [3.8, 4) is 11.8 Å². The maximum absolute atomic E-state index is 11.9. The van der Waals surface area contributed by atoms with Gasteiger partial charge in [0.25, 0.3) is 0 Å². The van der Waals surface area contributed by atoms with Gasteiger partial charge in [-0.25, -0.2) is 9.59 Å². The number of likely N-dealkylation sites (tertiary alicyclic amines) is 1. The van der Waals surface area contributed by atoms with Crippen molar-refractivity contribution in [3.63, 3.8) is 0 Å². The number of hydrogen-bond donors (Lipinski definition) is 0. The topological polar surface area (TPSA) is 65.1 Å². The Labute approximate surface area is 132 Å². The Morgan fingerprint density at radius 2 is 1.86 bits per heavy atom. The van der Waals surface area contributed by atoms with Crippen LogP contribution in [-0.2, 0) is 19.0 Å². The van der Waals surface area contributed by atoms with Crippen LogP contribution >= 0.6 is 0 Å². The molecule has 1 rings (SSSR count). The summed E-state index contributed by atoms with van der Waals surface area (Å²) < 4.78 is 15.6. The first-order valence-electron chi connectivity index (χ1n) is 7.57. The predicted molar refractivity (Wildman–Crippen MR) is 81.2 cm³/mol. The van der Waals surface area contributed by atoms with Crippen LogP contribution in [0.1, 0.15) is 40.5 Å². The number of piperidine rings is 1. The number of hydrogen-bond acceptors (Lipinski definition) is 5. The van der Waals surface area contributed by atoms with Crippen molar-refractivity contribution in [1.82, 2.24) is 4.90 Å². The summed E-state index contributed by atoms with van der Waals surface area (Å²) in [5.74, 6) is 4.45. The first-order chi connectivity index (χ1) is 10.3. The predicted octanol–water partition coefficient (Wildman–Crippen LogP) is 1.97. The quantitative estimate of drug-likeness (QED) is 0.453. The van der Waals surface area contributed by atoms with Crippen molar-refractivity contribution in [2.24, 2.45) is 0 Å². The SMILES string of the molecule is CCOC(=O)C#CCOC1CCN(C(=O)OC(C)(C)C)CC1. The standard InChI is InChI=1S/C16H25NO5/c1-5-20-14(18)7-6-12-21-13-8-10-17(11-9-13)15(19)22-16(2,3)4/h13H,5,8-12H2,1-4H3. The van der Waals surface area contributed by atoms with E-state index in [9.17, 15) is 9.59 Å². The van der Waals surface area contributed by atoms with Crippen LogP contribution in [0.25, 0.3) is 0 Å². The number of nitrogens with zero attached hydrogens (tertiary/aromatic N) is 1. The van der Waals surface area contributed by atoms with Crippen LogP contribution in [0.2, 0.25) is 0 Å². The lowest BCUT2D eigenvalue weighted by molar-refractivity contribution is -0.136. The molecule has 0 aliphatic carbocycles. The molecule has 1 aliphatic heterocycles. The van der Waals surface area contributed by atoms with Gasteiger partial charge in [-0.3, -0.25) is 0 Å². The molecule has 0 aromatic heterocycles. The smallest absolute Gasteiger partial charge is 0.410 e. The van der Waals surface area contributed by atoms with E-state index in [4.69, 9.17) is 9.47 Å². The molecule has 0 radical (unpaired) electrons. The Morgan fingerprint density at radius 1 is 1.23 bits per heavy atom. The summed E-state index contributed by atoms with van der Waals surface area (Å²) in [5.41, 5.74) is -0.479. The monoisotopic (exact) mass is 311 g/mol. The van der Waals surface area contributed by atoms with Crippen molar-refractivity contribution in [2.45, 2.75) is 52.2 Å². The zero-order valence-corrected chi connectivity index (χ0v) is 13.8. The molecular formula is C16H25NO5. The number of esters is 1. The van der Waals surface area contributed by atoms with Gasteiger partial charge in [0.2, 0.25) is 0 Å². The second-order valence-corrected chi connectivity index (χ2v) is 6.00. The van der Waals surface area contributed by atoms with Gasteiger partial charge < -0.3 is 19.1 Å². The van der Waals surface area contributed by atoms with Crippen molar-refractivity contribution >= 4 is 12.1 Å². The van der Waals surface area contributed by atoms with Gasteiger partial charge in [0.1, 0.15) is 12.2 Å². The number of ether oxygens (including phenoxy) is 3. The molecule has 1 amide bonds. The van der Waals surface area contributed by atoms with Gasteiger partial charge in [0, 0.05) is 19.0 Å². The second kappa shape index (κ2) is 8.64. The maximum Gasteiger partial charge on any atom is 0.410 e. The lowest BCUT2D eigenvalue weighted by atomic mass is 10.1. The van der Waals surface area contributed by atoms with E-state index in [1.165, 1.54) is 0 Å². The Kier molecular flexibility index (Phi) is 7.19. The molecule has 0 bridgehead atoms. The highest BCUT2D eigenvalue weighted by atomic mass is 16.6. The number of carbonyl (C=O) groups is 2. The summed E-state index contributed by atoms with van der Waals surface area (Å²) in [5, 5.41) is 0. The average Bonchev–Trinajstić information content (AvgIpc) is 2.43. The third-order valence-electron chi connectivity index (χ3n) is 2.95. The number of rotatable bonds is 3. The fourth-order valence-electron chi connectivity index (χ4n) is 1.97. The highest BCUT2D eigenvalue weighted by Gasteiger charge is 2.26. The number of amides is 1. The van der Waals surface area contributed by atoms with E-state index in [0.29, 0.717) is 19.7 Å². The number of carbonyl (C=O) groups excluding carboxylic acids is 2. The van der Waals surface area contributed by atoms with Gasteiger partial charge in [0.15, 0.2) is 0 Å². The molecule has 0 saturated carbocycles. The zero-order chi connectivity index (χ0) is 16.6. The largest absolute Gasteiger partial charge is 0.456 e. The van der Waals surface area contributed by atoms with Crippen molar-refractivity contribution < 1.29 is 23.8 Å². The molecule has 1 fully saturated rings. The Hall–Kier alpha value is -1.74. The minimum absolute atomic E-state index is 0.0511. The maximum atomic E-state index is 11.9. The first-order valence-corrected chi connectivity index (χ1v) is 7.57. The zero-order valence-electron chi connectivity index (χ0n) is 13.8. The van der Waals surface area contributed by atoms with E-state index in [1.54, 1.807) is 11.8 Å². The molecule has 0 spiro atoms. The minimum Gasteiger partial charge on any atom is -0.456 e. The van der Waals surface area contributed by atoms with Crippen molar-refractivity contribution in [3.05, 3.63) is 0 Å². The molecule has 0 aromatic carbocycles. The molecule has 1 aliphatic rings. The van der Waals surface area contributed by atoms with Gasteiger partial charge in [-0.05, 0) is 40.5 Å². The fraction of sp³-hybridized carbons (Fsp3) is 0.750. The van der Waals surface area contributed by atoms with Gasteiger partial charge in [0.05, 0.1) is 12.7 Å². The van der Waals surface area contributed by atoms with Crippen LogP contribution in [0.4, 0.5) is 4.79 Å². The van der Waals surface area contributed by atoms with Crippen LogP contribution < -0.4 is 0 Å². The van der Waals surface area contributed by atoms with Crippen LogP contribution in [0.15, 0.2) is 0 Å².